The number of amides is 1. The second-order valence-corrected chi connectivity index (χ2v) is 6.78. The highest BCUT2D eigenvalue weighted by Gasteiger charge is 2.27. The number of ether oxygens (including phenoxy) is 1. The van der Waals surface area contributed by atoms with Crippen molar-refractivity contribution in [2.75, 3.05) is 11.9 Å². The van der Waals surface area contributed by atoms with Crippen LogP contribution in [0, 0.1) is 0 Å². The van der Waals surface area contributed by atoms with E-state index in [2.05, 4.69) is 10.3 Å². The van der Waals surface area contributed by atoms with Crippen molar-refractivity contribution in [1.29, 1.82) is 0 Å². The Bertz CT molecular complexity index is 1110. The Hall–Kier alpha value is -3.60. The number of anilines is 1. The lowest BCUT2D eigenvalue weighted by Gasteiger charge is -2.25. The molecule has 3 aromatic carbocycles. The summed E-state index contributed by atoms with van der Waals surface area (Å²) in [5.74, 6) is 1.13. The van der Waals surface area contributed by atoms with Crippen molar-refractivity contribution < 1.29 is 13.9 Å². The highest BCUT2D eigenvalue weighted by molar-refractivity contribution is 5.96. The summed E-state index contributed by atoms with van der Waals surface area (Å²) < 4.78 is 11.4. The molecular weight excluding hydrogens is 352 g/mol. The molecule has 5 rings (SSSR count). The van der Waals surface area contributed by atoms with Gasteiger partial charge in [0, 0.05) is 16.8 Å². The molecule has 5 nitrogen and oxygen atoms in total. The maximum Gasteiger partial charge on any atom is 0.232 e. The van der Waals surface area contributed by atoms with Gasteiger partial charge in [-0.15, -0.1) is 0 Å². The van der Waals surface area contributed by atoms with Gasteiger partial charge < -0.3 is 14.5 Å². The Labute approximate surface area is 162 Å². The highest BCUT2D eigenvalue weighted by Crippen LogP contribution is 2.34. The predicted octanol–water partition coefficient (Wildman–Crippen LogP) is 5.00. The molecule has 1 aliphatic heterocycles. The SMILES string of the molecule is O=C(Nc1ccc(-c2nc3ccccc3o2)cc1)C1CCOc2ccccc21. The highest BCUT2D eigenvalue weighted by atomic mass is 16.5. The number of carbonyl (C=O) groups is 1. The van der Waals surface area contributed by atoms with Crippen molar-refractivity contribution in [3.05, 3.63) is 78.4 Å². The average Bonchev–Trinajstić information content (AvgIpc) is 3.18. The van der Waals surface area contributed by atoms with E-state index in [9.17, 15) is 4.79 Å². The first-order valence-electron chi connectivity index (χ1n) is 9.26. The first-order chi connectivity index (χ1) is 13.8. The van der Waals surface area contributed by atoms with Crippen molar-refractivity contribution in [2.45, 2.75) is 12.3 Å². The average molecular weight is 370 g/mol. The van der Waals surface area contributed by atoms with Crippen molar-refractivity contribution in [3.63, 3.8) is 0 Å². The Morgan fingerprint density at radius 2 is 1.75 bits per heavy atom. The summed E-state index contributed by atoms with van der Waals surface area (Å²) in [6.07, 6.45) is 0.670. The minimum absolute atomic E-state index is 0.0228. The zero-order valence-electron chi connectivity index (χ0n) is 15.1. The number of para-hydroxylation sites is 3. The van der Waals surface area contributed by atoms with E-state index in [1.54, 1.807) is 0 Å². The van der Waals surface area contributed by atoms with Gasteiger partial charge in [-0.05, 0) is 48.9 Å². The third-order valence-corrected chi connectivity index (χ3v) is 4.97. The molecule has 0 aliphatic carbocycles. The molecule has 28 heavy (non-hydrogen) atoms. The largest absolute Gasteiger partial charge is 0.493 e. The molecule has 0 fully saturated rings. The van der Waals surface area contributed by atoms with E-state index in [0.717, 1.165) is 33.7 Å². The predicted molar refractivity (Wildman–Crippen MR) is 107 cm³/mol. The molecule has 0 saturated heterocycles. The number of nitrogens with one attached hydrogen (secondary N) is 1. The molecule has 1 N–H and O–H groups in total. The number of rotatable bonds is 3. The minimum Gasteiger partial charge on any atom is -0.493 e. The summed E-state index contributed by atoms with van der Waals surface area (Å²) in [6, 6.07) is 22.9. The number of hydrogen-bond acceptors (Lipinski definition) is 4. The van der Waals surface area contributed by atoms with E-state index in [0.29, 0.717) is 18.9 Å². The van der Waals surface area contributed by atoms with Crippen LogP contribution in [0.2, 0.25) is 0 Å². The quantitative estimate of drug-likeness (QED) is 0.551. The fourth-order valence-corrected chi connectivity index (χ4v) is 3.54. The summed E-state index contributed by atoms with van der Waals surface area (Å²) in [5.41, 5.74) is 4.13. The number of aromatic nitrogens is 1. The maximum absolute atomic E-state index is 12.8. The molecule has 0 saturated carbocycles. The molecule has 2 heterocycles. The fourth-order valence-electron chi connectivity index (χ4n) is 3.54. The van der Waals surface area contributed by atoms with Crippen LogP contribution in [-0.4, -0.2) is 17.5 Å². The standard InChI is InChI=1S/C23H18N2O3/c26-22(18-13-14-27-20-7-3-1-5-17(18)20)24-16-11-9-15(10-12-16)23-25-19-6-2-4-8-21(19)28-23/h1-12,18H,13-14H2,(H,24,26). The van der Waals surface area contributed by atoms with Crippen molar-refractivity contribution >= 4 is 22.7 Å². The Morgan fingerprint density at radius 3 is 2.61 bits per heavy atom. The smallest absolute Gasteiger partial charge is 0.232 e. The molecule has 0 spiro atoms. The van der Waals surface area contributed by atoms with Gasteiger partial charge in [0.2, 0.25) is 11.8 Å². The van der Waals surface area contributed by atoms with Crippen LogP contribution >= 0.6 is 0 Å². The Kier molecular flexibility index (Phi) is 4.05. The molecule has 1 unspecified atom stereocenters. The number of benzene rings is 3. The summed E-state index contributed by atoms with van der Waals surface area (Å²) in [5, 5.41) is 3.01. The summed E-state index contributed by atoms with van der Waals surface area (Å²) >= 11 is 0. The summed E-state index contributed by atoms with van der Waals surface area (Å²) in [6.45, 7) is 0.547. The number of oxazole rings is 1. The van der Waals surface area contributed by atoms with Crippen LogP contribution in [-0.2, 0) is 4.79 Å². The minimum atomic E-state index is -0.207. The van der Waals surface area contributed by atoms with E-state index >= 15 is 0 Å². The number of nitrogens with zero attached hydrogens (tertiary/aromatic N) is 1. The van der Waals surface area contributed by atoms with E-state index < -0.39 is 0 Å². The van der Waals surface area contributed by atoms with Crippen LogP contribution in [0.15, 0.2) is 77.2 Å². The molecule has 1 aromatic heterocycles. The molecule has 138 valence electrons. The van der Waals surface area contributed by atoms with Crippen molar-refractivity contribution in [3.8, 4) is 17.2 Å². The third-order valence-electron chi connectivity index (χ3n) is 4.97. The lowest BCUT2D eigenvalue weighted by Crippen LogP contribution is -2.26. The second kappa shape index (κ2) is 6.85. The van der Waals surface area contributed by atoms with Crippen LogP contribution in [0.25, 0.3) is 22.6 Å². The van der Waals surface area contributed by atoms with Gasteiger partial charge in [0.15, 0.2) is 5.58 Å². The molecule has 0 radical (unpaired) electrons. The molecule has 1 atom stereocenters. The lowest BCUT2D eigenvalue weighted by molar-refractivity contribution is -0.118. The van der Waals surface area contributed by atoms with Crippen molar-refractivity contribution in [2.24, 2.45) is 0 Å². The van der Waals surface area contributed by atoms with E-state index in [1.165, 1.54) is 0 Å². The van der Waals surface area contributed by atoms with Crippen LogP contribution in [0.1, 0.15) is 17.9 Å². The molecule has 4 aromatic rings. The zero-order valence-corrected chi connectivity index (χ0v) is 15.1. The number of hydrogen-bond donors (Lipinski definition) is 1. The molecule has 1 aliphatic rings. The zero-order chi connectivity index (χ0) is 18.9. The van der Waals surface area contributed by atoms with Gasteiger partial charge in [-0.2, -0.15) is 0 Å². The molecular formula is C23H18N2O3. The number of carbonyl (C=O) groups excluding carboxylic acids is 1. The van der Waals surface area contributed by atoms with Gasteiger partial charge in [0.05, 0.1) is 12.5 Å². The van der Waals surface area contributed by atoms with E-state index in [4.69, 9.17) is 9.15 Å². The maximum atomic E-state index is 12.8. The van der Waals surface area contributed by atoms with E-state index in [1.807, 2.05) is 72.8 Å². The fraction of sp³-hybridized carbons (Fsp3) is 0.130. The second-order valence-electron chi connectivity index (χ2n) is 6.78. The van der Waals surface area contributed by atoms with Crippen LogP contribution < -0.4 is 10.1 Å². The molecule has 1 amide bonds. The lowest BCUT2D eigenvalue weighted by atomic mass is 9.92. The van der Waals surface area contributed by atoms with Gasteiger partial charge in [-0.1, -0.05) is 30.3 Å². The van der Waals surface area contributed by atoms with Gasteiger partial charge in [0.25, 0.3) is 0 Å². The van der Waals surface area contributed by atoms with Crippen LogP contribution in [0.4, 0.5) is 5.69 Å². The Balaban J connectivity index is 1.35. The Morgan fingerprint density at radius 1 is 0.964 bits per heavy atom. The number of fused-ring (bicyclic) bond motifs is 2. The molecule has 5 heteroatoms. The first-order valence-corrected chi connectivity index (χ1v) is 9.26. The normalized spacial score (nSPS) is 15.6. The van der Waals surface area contributed by atoms with Crippen LogP contribution in [0.5, 0.6) is 5.75 Å². The van der Waals surface area contributed by atoms with Crippen LogP contribution in [0.3, 0.4) is 0 Å². The van der Waals surface area contributed by atoms with Gasteiger partial charge in [0.1, 0.15) is 11.3 Å². The third kappa shape index (κ3) is 3.01. The molecule has 0 bridgehead atoms. The first kappa shape index (κ1) is 16.6. The monoisotopic (exact) mass is 370 g/mol. The van der Waals surface area contributed by atoms with E-state index in [-0.39, 0.29) is 11.8 Å². The summed E-state index contributed by atoms with van der Waals surface area (Å²) in [7, 11) is 0. The summed E-state index contributed by atoms with van der Waals surface area (Å²) in [4.78, 5) is 17.3. The topological polar surface area (TPSA) is 64.4 Å². The van der Waals surface area contributed by atoms with Gasteiger partial charge in [-0.25, -0.2) is 4.98 Å². The van der Waals surface area contributed by atoms with Gasteiger partial charge >= 0.3 is 0 Å². The van der Waals surface area contributed by atoms with Crippen molar-refractivity contribution in [1.82, 2.24) is 4.98 Å². The van der Waals surface area contributed by atoms with Gasteiger partial charge in [-0.3, -0.25) is 4.79 Å².